The fraction of sp³-hybridized carbons (Fsp3) is 0.522. The van der Waals surface area contributed by atoms with Gasteiger partial charge in [0, 0.05) is 24.2 Å². The predicted octanol–water partition coefficient (Wildman–Crippen LogP) is 13.4. The number of methoxy groups -OCH3 is 3. The third-order valence-electron chi connectivity index (χ3n) is 17.1. The van der Waals surface area contributed by atoms with Gasteiger partial charge < -0.3 is 34.3 Å². The van der Waals surface area contributed by atoms with E-state index in [0.717, 1.165) is 101 Å². The maximum absolute atomic E-state index is 13.6. The minimum Gasteiger partial charge on any atom is -0.870 e. The summed E-state index contributed by atoms with van der Waals surface area (Å²) in [5, 5.41) is 9.66. The third kappa shape index (κ3) is 16.7. The molecule has 2 aliphatic heterocycles. The van der Waals surface area contributed by atoms with E-state index in [0.29, 0.717) is 53.0 Å². The Hall–Kier alpha value is -6.42. The summed E-state index contributed by atoms with van der Waals surface area (Å²) in [6.07, 6.45) is -6.22. The van der Waals surface area contributed by atoms with E-state index in [9.17, 15) is 50.6 Å². The topological polar surface area (TPSA) is 171 Å². The summed E-state index contributed by atoms with van der Waals surface area (Å²) in [7, 11) is 4.59. The summed E-state index contributed by atoms with van der Waals surface area (Å²) in [5.41, 5.74) is 6.11. The van der Waals surface area contributed by atoms with Crippen LogP contribution in [0.3, 0.4) is 0 Å². The average molecular weight is 1210 g/mol. The Morgan fingerprint density at radius 2 is 0.977 bits per heavy atom. The number of aliphatic carboxylic acids is 1. The van der Waals surface area contributed by atoms with Crippen LogP contribution < -0.4 is 28.3 Å². The van der Waals surface area contributed by atoms with Crippen LogP contribution in [0.5, 0.6) is 11.5 Å². The van der Waals surface area contributed by atoms with Gasteiger partial charge in [-0.05, 0) is 211 Å². The Morgan fingerprint density at radius 3 is 1.31 bits per heavy atom. The standard InChI is InChI=1S/C34H42F3NO5.C33H40F3NO5.Li.H2O/c1-20-13-23(16-25(14-20)34(35,36)37)29-21(2)38(31(40)43-29)19-24-18-32(3,4)12-11-26(24)27-15-22(9-10-28(27)41-7)17-33(5,6)30(39)42-8;1-19-12-22(15-24(13-19)33(34,35)36)28-20(2)37(30(40)42-28)18-23-17-31(3,4)11-10-25(23)26-14-21(8-9-27(26)41-7)16-32(5,6)29(38)39;;/h9-10,13-16,21,29H,11-12,17-19H2,1-8H3;8-9,12-15,20,28H,10-11,16-18H2,1-7H3,(H,38,39);;1H2/q;;+1;/p-1/t21-,29-;20-,28-;;/m00../s1. The first-order valence-electron chi connectivity index (χ1n) is 28.8. The Labute approximate surface area is 519 Å². The number of hydrogen-bond donors (Lipinski definition) is 1. The van der Waals surface area contributed by atoms with Crippen LogP contribution in [0.15, 0.2) is 83.9 Å². The van der Waals surface area contributed by atoms with Gasteiger partial charge in [0.25, 0.3) is 0 Å². The summed E-state index contributed by atoms with van der Waals surface area (Å²) in [5.74, 6) is 0.178. The van der Waals surface area contributed by atoms with E-state index >= 15 is 0 Å². The van der Waals surface area contributed by atoms with Gasteiger partial charge in [0.05, 0.1) is 55.4 Å². The number of halogens is 6. The van der Waals surface area contributed by atoms with E-state index in [2.05, 4.69) is 33.8 Å². The molecule has 2 saturated heterocycles. The van der Waals surface area contributed by atoms with E-state index < -0.39 is 76.8 Å². The number of nitrogens with zero attached hydrogens (tertiary/aromatic N) is 2. The average Bonchev–Trinajstić information content (AvgIpc) is 2.05. The summed E-state index contributed by atoms with van der Waals surface area (Å²) in [6, 6.07) is 18.2. The van der Waals surface area contributed by atoms with Crippen LogP contribution in [0.25, 0.3) is 11.1 Å². The van der Waals surface area contributed by atoms with Gasteiger partial charge in [0.15, 0.2) is 0 Å². The zero-order valence-corrected chi connectivity index (χ0v) is 53.0. The number of aryl methyl sites for hydroxylation is 2. The Balaban J connectivity index is 0.000000310. The van der Waals surface area contributed by atoms with Crippen LogP contribution >= 0.6 is 0 Å². The Bertz CT molecular complexity index is 3270. The normalized spacial score (nSPS) is 20.4. The van der Waals surface area contributed by atoms with Gasteiger partial charge in [0.1, 0.15) is 23.7 Å². The van der Waals surface area contributed by atoms with E-state index in [1.807, 2.05) is 51.1 Å². The van der Waals surface area contributed by atoms with Crippen LogP contribution in [-0.4, -0.2) is 91.0 Å². The number of alkyl halides is 6. The molecule has 20 heteroatoms. The summed E-state index contributed by atoms with van der Waals surface area (Å²) < 4.78 is 109. The number of hydrogen-bond acceptors (Lipinski definition) is 10. The monoisotopic (exact) mass is 1210 g/mol. The fourth-order valence-electron chi connectivity index (χ4n) is 12.4. The maximum Gasteiger partial charge on any atom is 1.00 e. The molecular weight excluding hydrogens is 1130 g/mol. The molecule has 0 saturated carbocycles. The molecule has 13 nitrogen and oxygen atoms in total. The molecule has 8 rings (SSSR count). The van der Waals surface area contributed by atoms with Crippen molar-refractivity contribution in [2.24, 2.45) is 21.7 Å². The van der Waals surface area contributed by atoms with Gasteiger partial charge in [-0.3, -0.25) is 19.4 Å². The second-order valence-electron chi connectivity index (χ2n) is 26.4. The molecule has 2 aliphatic carbocycles. The van der Waals surface area contributed by atoms with Crippen LogP contribution in [-0.2, 0) is 49.0 Å². The predicted molar refractivity (Wildman–Crippen MR) is 315 cm³/mol. The number of ether oxygens (including phenoxy) is 5. The zero-order chi connectivity index (χ0) is 63.1. The van der Waals surface area contributed by atoms with E-state index in [-0.39, 0.29) is 54.2 Å². The minimum atomic E-state index is -4.51. The largest absolute Gasteiger partial charge is 1.00 e. The van der Waals surface area contributed by atoms with E-state index in [1.54, 1.807) is 70.8 Å². The van der Waals surface area contributed by atoms with Crippen molar-refractivity contribution < 1.29 is 98.6 Å². The molecule has 0 spiro atoms. The quantitative estimate of drug-likeness (QED) is 0.0490. The first-order chi connectivity index (χ1) is 39.4. The molecule has 87 heavy (non-hydrogen) atoms. The molecule has 2 amide bonds. The van der Waals surface area contributed by atoms with Crippen molar-refractivity contribution in [3.8, 4) is 11.5 Å². The summed E-state index contributed by atoms with van der Waals surface area (Å²) >= 11 is 0. The molecule has 4 atom stereocenters. The molecule has 2 heterocycles. The van der Waals surface area contributed by atoms with Crippen LogP contribution in [0.1, 0.15) is 176 Å². The van der Waals surface area contributed by atoms with Gasteiger partial charge in [-0.25, -0.2) is 9.59 Å². The molecular formula is C67H83F6LiN2O11. The van der Waals surface area contributed by atoms with Gasteiger partial charge >= 0.3 is 55.3 Å². The maximum atomic E-state index is 13.6. The number of benzene rings is 4. The fourth-order valence-corrected chi connectivity index (χ4v) is 12.4. The number of esters is 1. The van der Waals surface area contributed by atoms with Gasteiger partial charge in [-0.1, -0.05) is 63.1 Å². The SMILES string of the molecule is COC(=O)C(C)(C)Cc1ccc(OC)c(C2=C(CN3C(=O)O[C@H](c4cc(C)cc(C(F)(F)F)c4)[C@@H]3C)CC(C)(C)CC2)c1.COc1ccc(CC(C)(C)C(=O)O)cc1C1=C(CN2C(=O)O[C@H](c3cc(C)cc(C(F)(F)F)c3)[C@@H]2C)CC(C)(C)CC1.[Li+].[OH-]. The molecule has 0 radical (unpaired) electrons. The second kappa shape index (κ2) is 27.1. The molecule has 4 aromatic carbocycles. The zero-order valence-electron chi connectivity index (χ0n) is 53.0. The van der Waals surface area contributed by atoms with Crippen molar-refractivity contribution in [1.82, 2.24) is 9.80 Å². The van der Waals surface area contributed by atoms with Crippen molar-refractivity contribution in [2.45, 2.75) is 171 Å². The molecule has 0 unspecified atom stereocenters. The Morgan fingerprint density at radius 1 is 0.609 bits per heavy atom. The number of carbonyl (C=O) groups is 4. The molecule has 4 aliphatic rings. The summed E-state index contributed by atoms with van der Waals surface area (Å²) in [4.78, 5) is 53.8. The van der Waals surface area contributed by atoms with Crippen LogP contribution in [0.4, 0.5) is 35.9 Å². The molecule has 0 bridgehead atoms. The molecule has 470 valence electrons. The number of amides is 2. The number of carbonyl (C=O) groups excluding carboxylic acids is 3. The molecule has 2 fully saturated rings. The first-order valence-corrected chi connectivity index (χ1v) is 28.8. The van der Waals surface area contributed by atoms with Gasteiger partial charge in [-0.2, -0.15) is 26.3 Å². The van der Waals surface area contributed by atoms with Crippen LogP contribution in [0.2, 0.25) is 0 Å². The van der Waals surface area contributed by atoms with Crippen molar-refractivity contribution in [3.05, 3.63) is 140 Å². The molecule has 4 aromatic rings. The Kier molecular flexibility index (Phi) is 22.2. The second-order valence-corrected chi connectivity index (χ2v) is 26.4. The van der Waals surface area contributed by atoms with Crippen molar-refractivity contribution >= 4 is 35.3 Å². The summed E-state index contributed by atoms with van der Waals surface area (Å²) in [6.45, 7) is 23.2. The molecule has 2 N–H and O–H groups in total. The number of carboxylic acids is 1. The van der Waals surface area contributed by atoms with Gasteiger partial charge in [0.2, 0.25) is 0 Å². The van der Waals surface area contributed by atoms with Crippen molar-refractivity contribution in [3.63, 3.8) is 0 Å². The minimum absolute atomic E-state index is 0. The van der Waals surface area contributed by atoms with Crippen molar-refractivity contribution in [1.29, 1.82) is 0 Å². The third-order valence-corrected chi connectivity index (χ3v) is 17.1. The van der Waals surface area contributed by atoms with E-state index in [1.165, 1.54) is 7.11 Å². The number of allylic oxidation sites excluding steroid dienone is 2. The smallest absolute Gasteiger partial charge is 0.870 e. The molecule has 0 aromatic heterocycles. The van der Waals surface area contributed by atoms with Gasteiger partial charge in [-0.15, -0.1) is 0 Å². The first kappa shape index (κ1) is 71.3. The van der Waals surface area contributed by atoms with Crippen molar-refractivity contribution in [2.75, 3.05) is 34.4 Å². The van der Waals surface area contributed by atoms with Crippen LogP contribution in [0, 0.1) is 35.5 Å². The number of cyclic esters (lactones) is 2. The number of carboxylic acid groups (broad SMARTS) is 1. The number of rotatable bonds is 16. The van der Waals surface area contributed by atoms with E-state index in [4.69, 9.17) is 23.7 Å².